The highest BCUT2D eigenvalue weighted by Gasteiger charge is 2.20. The van der Waals surface area contributed by atoms with Gasteiger partial charge in [-0.2, -0.15) is 0 Å². The highest BCUT2D eigenvalue weighted by molar-refractivity contribution is 6.12. The molecule has 0 atom stereocenters. The van der Waals surface area contributed by atoms with Gasteiger partial charge in [0.15, 0.2) is 5.78 Å². The minimum atomic E-state index is -0.482. The zero-order chi connectivity index (χ0) is 19.7. The summed E-state index contributed by atoms with van der Waals surface area (Å²) in [6.07, 6.45) is 0. The van der Waals surface area contributed by atoms with E-state index in [-0.39, 0.29) is 22.6 Å². The number of phenolic OH excluding ortho intramolecular Hbond substituents is 2. The molecule has 0 aliphatic carbocycles. The summed E-state index contributed by atoms with van der Waals surface area (Å²) in [4.78, 5) is 12.7. The van der Waals surface area contributed by atoms with Gasteiger partial charge in [0.1, 0.15) is 34.2 Å². The van der Waals surface area contributed by atoms with Crippen LogP contribution in [0.1, 0.15) is 57.5 Å². The normalized spacial score (nSPS) is 11.9. The molecule has 2 aromatic carbocycles. The van der Waals surface area contributed by atoms with Gasteiger partial charge in [0, 0.05) is 12.1 Å². The Balaban J connectivity index is 2.29. The second-order valence-corrected chi connectivity index (χ2v) is 8.12. The van der Waals surface area contributed by atoms with Gasteiger partial charge in [-0.1, -0.05) is 0 Å². The molecule has 0 bridgehead atoms. The van der Waals surface area contributed by atoms with E-state index in [4.69, 9.17) is 9.47 Å². The van der Waals surface area contributed by atoms with Gasteiger partial charge in [-0.05, 0) is 65.8 Å². The Morgan fingerprint density at radius 1 is 0.731 bits per heavy atom. The van der Waals surface area contributed by atoms with Crippen molar-refractivity contribution in [1.29, 1.82) is 0 Å². The molecule has 26 heavy (non-hydrogen) atoms. The first-order valence-electron chi connectivity index (χ1n) is 8.44. The number of carbonyl (C=O) groups is 1. The minimum absolute atomic E-state index is 0.0889. The quantitative estimate of drug-likeness (QED) is 0.776. The number of carbonyl (C=O) groups excluding carboxylic acids is 1. The second-order valence-electron chi connectivity index (χ2n) is 8.12. The highest BCUT2D eigenvalue weighted by Crippen LogP contribution is 2.32. The molecule has 2 N–H and O–H groups in total. The largest absolute Gasteiger partial charge is 0.507 e. The molecule has 0 radical (unpaired) electrons. The van der Waals surface area contributed by atoms with E-state index in [9.17, 15) is 15.0 Å². The molecule has 0 fully saturated rings. The first-order chi connectivity index (χ1) is 11.9. The maximum absolute atomic E-state index is 12.7. The van der Waals surface area contributed by atoms with Gasteiger partial charge in [0.2, 0.25) is 0 Å². The monoisotopic (exact) mass is 358 g/mol. The van der Waals surface area contributed by atoms with E-state index < -0.39 is 17.0 Å². The van der Waals surface area contributed by atoms with Crippen molar-refractivity contribution in [1.82, 2.24) is 0 Å². The molecule has 140 valence electrons. The van der Waals surface area contributed by atoms with Crippen molar-refractivity contribution in [2.45, 2.75) is 52.7 Å². The molecule has 2 aromatic rings. The summed E-state index contributed by atoms with van der Waals surface area (Å²) < 4.78 is 11.3. The Labute approximate surface area is 154 Å². The fourth-order valence-electron chi connectivity index (χ4n) is 2.39. The van der Waals surface area contributed by atoms with Crippen LogP contribution in [0, 0.1) is 0 Å². The van der Waals surface area contributed by atoms with Crippen molar-refractivity contribution in [2.24, 2.45) is 0 Å². The summed E-state index contributed by atoms with van der Waals surface area (Å²) in [5.74, 6) is 0.0383. The molecule has 0 unspecified atom stereocenters. The summed E-state index contributed by atoms with van der Waals surface area (Å²) >= 11 is 0. The van der Waals surface area contributed by atoms with Gasteiger partial charge < -0.3 is 19.7 Å². The third kappa shape index (κ3) is 5.15. The van der Waals surface area contributed by atoms with Gasteiger partial charge in [0.25, 0.3) is 0 Å². The Hall–Kier alpha value is -2.69. The van der Waals surface area contributed by atoms with E-state index in [0.717, 1.165) is 0 Å². The average Bonchev–Trinajstić information content (AvgIpc) is 2.43. The number of ether oxygens (including phenoxy) is 2. The molecule has 5 heteroatoms. The Morgan fingerprint density at radius 2 is 1.08 bits per heavy atom. The Morgan fingerprint density at radius 3 is 1.35 bits per heavy atom. The molecule has 0 aliphatic rings. The first-order valence-corrected chi connectivity index (χ1v) is 8.44. The number of aromatic hydroxyl groups is 2. The van der Waals surface area contributed by atoms with Crippen LogP contribution in [0.2, 0.25) is 0 Å². The van der Waals surface area contributed by atoms with Crippen LogP contribution in [-0.4, -0.2) is 27.2 Å². The van der Waals surface area contributed by atoms with Gasteiger partial charge in [-0.25, -0.2) is 0 Å². The molecular formula is C21H26O5. The number of benzene rings is 2. The molecule has 0 spiro atoms. The van der Waals surface area contributed by atoms with Crippen LogP contribution in [0.3, 0.4) is 0 Å². The molecule has 0 saturated heterocycles. The van der Waals surface area contributed by atoms with Gasteiger partial charge in [0.05, 0.1) is 11.1 Å². The van der Waals surface area contributed by atoms with E-state index in [1.807, 2.05) is 41.5 Å². The molecule has 0 aliphatic heterocycles. The smallest absolute Gasteiger partial charge is 0.200 e. The summed E-state index contributed by atoms with van der Waals surface area (Å²) in [6, 6.07) is 8.99. The third-order valence-electron chi connectivity index (χ3n) is 3.28. The number of hydrogen-bond donors (Lipinski definition) is 2. The summed E-state index contributed by atoms with van der Waals surface area (Å²) in [5.41, 5.74) is -0.657. The molecule has 5 nitrogen and oxygen atoms in total. The second kappa shape index (κ2) is 6.90. The van der Waals surface area contributed by atoms with E-state index in [1.54, 1.807) is 12.1 Å². The van der Waals surface area contributed by atoms with Crippen LogP contribution >= 0.6 is 0 Å². The molecule has 0 saturated carbocycles. The first kappa shape index (κ1) is 19.6. The Bertz CT molecular complexity index is 743. The van der Waals surface area contributed by atoms with Crippen molar-refractivity contribution >= 4 is 5.78 Å². The maximum atomic E-state index is 12.7. The molecular weight excluding hydrogens is 332 g/mol. The predicted molar refractivity (Wildman–Crippen MR) is 100 cm³/mol. The van der Waals surface area contributed by atoms with Crippen LogP contribution in [-0.2, 0) is 0 Å². The third-order valence-corrected chi connectivity index (χ3v) is 3.28. The lowest BCUT2D eigenvalue weighted by atomic mass is 10.0. The summed E-state index contributed by atoms with van der Waals surface area (Å²) in [5, 5.41) is 20.4. The predicted octanol–water partition coefficient (Wildman–Crippen LogP) is 4.68. The lowest BCUT2D eigenvalue weighted by molar-refractivity contribution is 0.103. The van der Waals surface area contributed by atoms with Gasteiger partial charge in [-0.15, -0.1) is 0 Å². The van der Waals surface area contributed by atoms with E-state index >= 15 is 0 Å². The number of rotatable bonds is 4. The van der Waals surface area contributed by atoms with Gasteiger partial charge >= 0.3 is 0 Å². The lowest BCUT2D eigenvalue weighted by Gasteiger charge is -2.22. The van der Waals surface area contributed by atoms with E-state index in [0.29, 0.717) is 11.5 Å². The molecule has 0 aromatic heterocycles. The molecule has 2 rings (SSSR count). The van der Waals surface area contributed by atoms with E-state index in [2.05, 4.69) is 0 Å². The van der Waals surface area contributed by atoms with Crippen molar-refractivity contribution < 1.29 is 24.5 Å². The van der Waals surface area contributed by atoms with Crippen molar-refractivity contribution in [2.75, 3.05) is 0 Å². The molecule has 0 amide bonds. The number of phenols is 2. The zero-order valence-electron chi connectivity index (χ0n) is 16.1. The lowest BCUT2D eigenvalue weighted by Crippen LogP contribution is -2.23. The van der Waals surface area contributed by atoms with Crippen molar-refractivity contribution in [3.05, 3.63) is 47.5 Å². The van der Waals surface area contributed by atoms with Gasteiger partial charge in [-0.3, -0.25) is 4.79 Å². The standard InChI is InChI=1S/C21H26O5/c1-20(2,3)25-13-7-9-15(17(22)11-13)19(24)16-10-8-14(12-18(16)23)26-21(4,5)6/h7-12,22-23H,1-6H3. The van der Waals surface area contributed by atoms with Crippen molar-refractivity contribution in [3.8, 4) is 23.0 Å². The van der Waals surface area contributed by atoms with E-state index in [1.165, 1.54) is 24.3 Å². The summed E-state index contributed by atoms with van der Waals surface area (Å²) in [6.45, 7) is 11.3. The number of ketones is 1. The van der Waals surface area contributed by atoms with Crippen LogP contribution in [0.5, 0.6) is 23.0 Å². The SMILES string of the molecule is CC(C)(C)Oc1ccc(C(=O)c2ccc(OC(C)(C)C)cc2O)c(O)c1. The minimum Gasteiger partial charge on any atom is -0.507 e. The Kier molecular flexibility index (Phi) is 5.21. The maximum Gasteiger partial charge on any atom is 0.200 e. The average molecular weight is 358 g/mol. The number of hydrogen-bond acceptors (Lipinski definition) is 5. The summed E-state index contributed by atoms with van der Waals surface area (Å²) in [7, 11) is 0. The zero-order valence-corrected chi connectivity index (χ0v) is 16.1. The van der Waals surface area contributed by atoms with Crippen LogP contribution in [0.15, 0.2) is 36.4 Å². The van der Waals surface area contributed by atoms with Crippen LogP contribution in [0.4, 0.5) is 0 Å². The fraction of sp³-hybridized carbons (Fsp3) is 0.381. The van der Waals surface area contributed by atoms with Crippen molar-refractivity contribution in [3.63, 3.8) is 0 Å². The van der Waals surface area contributed by atoms with Crippen LogP contribution in [0.25, 0.3) is 0 Å². The molecule has 0 heterocycles. The van der Waals surface area contributed by atoms with Crippen LogP contribution < -0.4 is 9.47 Å². The topological polar surface area (TPSA) is 76.0 Å². The highest BCUT2D eigenvalue weighted by atomic mass is 16.5. The fourth-order valence-corrected chi connectivity index (χ4v) is 2.39.